The maximum atomic E-state index is 14.2. The minimum Gasteiger partial charge on any atom is -0.377 e. The monoisotopic (exact) mass is 293 g/mol. The van der Waals surface area contributed by atoms with Crippen LogP contribution < -0.4 is 4.90 Å². The third kappa shape index (κ3) is 3.14. The van der Waals surface area contributed by atoms with Crippen LogP contribution in [-0.4, -0.2) is 28.8 Å². The first-order valence-electron chi connectivity index (χ1n) is 5.44. The molecule has 0 bridgehead atoms. The second-order valence-electron chi connectivity index (χ2n) is 4.26. The Bertz CT molecular complexity index is 753. The van der Waals surface area contributed by atoms with Crippen LogP contribution in [0.1, 0.15) is 11.1 Å². The molecule has 0 aliphatic carbocycles. The summed E-state index contributed by atoms with van der Waals surface area (Å²) in [7, 11) is -0.426. The molecule has 0 aliphatic rings. The van der Waals surface area contributed by atoms with Gasteiger partial charge >= 0.3 is 0 Å². The van der Waals surface area contributed by atoms with Crippen LogP contribution >= 0.6 is 0 Å². The summed E-state index contributed by atoms with van der Waals surface area (Å²) >= 11 is 0. The van der Waals surface area contributed by atoms with E-state index in [4.69, 9.17) is 10.5 Å². The second kappa shape index (κ2) is 5.72. The van der Waals surface area contributed by atoms with Gasteiger partial charge < -0.3 is 4.90 Å². The van der Waals surface area contributed by atoms with Gasteiger partial charge in [0.25, 0.3) is 0 Å². The minimum atomic E-state index is -3.74. The van der Waals surface area contributed by atoms with Crippen molar-refractivity contribution in [2.24, 2.45) is 0 Å². The fraction of sp³-hybridized carbons (Fsp3) is 0.231. The van der Waals surface area contributed by atoms with Gasteiger partial charge in [0.1, 0.15) is 28.4 Å². The molecule has 0 atom stereocenters. The van der Waals surface area contributed by atoms with Crippen molar-refractivity contribution in [1.29, 1.82) is 10.5 Å². The molecule has 0 spiro atoms. The van der Waals surface area contributed by atoms with Crippen molar-refractivity contribution in [2.75, 3.05) is 25.3 Å². The third-order valence-electron chi connectivity index (χ3n) is 2.54. The maximum absolute atomic E-state index is 14.2. The van der Waals surface area contributed by atoms with Crippen LogP contribution in [0, 0.1) is 28.5 Å². The van der Waals surface area contributed by atoms with Crippen molar-refractivity contribution < 1.29 is 12.8 Å². The summed E-state index contributed by atoms with van der Waals surface area (Å²) in [5.41, 5.74) is 0.0590. The first-order chi connectivity index (χ1) is 9.22. The Hall–Kier alpha value is -2.38. The number of sulfone groups is 1. The van der Waals surface area contributed by atoms with E-state index in [1.54, 1.807) is 25.1 Å². The van der Waals surface area contributed by atoms with Gasteiger partial charge in [0.05, 0.1) is 5.69 Å². The van der Waals surface area contributed by atoms with Crippen LogP contribution in [0.2, 0.25) is 0 Å². The van der Waals surface area contributed by atoms with Gasteiger partial charge in [-0.3, -0.25) is 0 Å². The van der Waals surface area contributed by atoms with Crippen LogP contribution in [0.4, 0.5) is 10.1 Å². The topological polar surface area (TPSA) is 85.0 Å². The number of halogens is 1. The normalized spacial score (nSPS) is 11.6. The summed E-state index contributed by atoms with van der Waals surface area (Å²) in [6, 6.07) is 6.06. The highest BCUT2D eigenvalue weighted by Gasteiger charge is 2.16. The molecule has 7 heteroatoms. The molecule has 0 radical (unpaired) electrons. The first kappa shape index (κ1) is 15.7. The molecule has 1 aromatic carbocycles. The van der Waals surface area contributed by atoms with Crippen molar-refractivity contribution in [1.82, 2.24) is 0 Å². The Morgan fingerprint density at radius 2 is 1.95 bits per heavy atom. The average molecular weight is 293 g/mol. The molecule has 0 fully saturated rings. The van der Waals surface area contributed by atoms with Crippen LogP contribution in [0.15, 0.2) is 17.0 Å². The van der Waals surface area contributed by atoms with Gasteiger partial charge in [0.2, 0.25) is 0 Å². The fourth-order valence-electron chi connectivity index (χ4n) is 1.54. The Balaban J connectivity index is 3.56. The van der Waals surface area contributed by atoms with Crippen LogP contribution in [0.5, 0.6) is 0 Å². The smallest absolute Gasteiger partial charge is 0.185 e. The lowest BCUT2D eigenvalue weighted by Gasteiger charge is -2.15. The highest BCUT2D eigenvalue weighted by Crippen LogP contribution is 2.25. The molecule has 0 unspecified atom stereocenters. The SMILES string of the molecule is CN(C)c1ccc(/C=C(/C#N)S(C)(=O)=O)c(F)c1C#N. The number of nitriles is 2. The van der Waals surface area contributed by atoms with Crippen LogP contribution in [0.3, 0.4) is 0 Å². The van der Waals surface area contributed by atoms with Crippen molar-refractivity contribution in [3.8, 4) is 12.1 Å². The van der Waals surface area contributed by atoms with E-state index in [0.717, 1.165) is 12.3 Å². The molecule has 5 nitrogen and oxygen atoms in total. The number of rotatable bonds is 3. The number of anilines is 1. The van der Waals surface area contributed by atoms with Gasteiger partial charge in [-0.15, -0.1) is 0 Å². The fourth-order valence-corrected chi connectivity index (χ4v) is 2.04. The Morgan fingerprint density at radius 1 is 1.35 bits per heavy atom. The summed E-state index contributed by atoms with van der Waals surface area (Å²) < 4.78 is 36.8. The highest BCUT2D eigenvalue weighted by atomic mass is 32.2. The van der Waals surface area contributed by atoms with E-state index < -0.39 is 20.6 Å². The zero-order valence-corrected chi connectivity index (χ0v) is 12.0. The van der Waals surface area contributed by atoms with E-state index >= 15 is 0 Å². The van der Waals surface area contributed by atoms with Gasteiger partial charge in [-0.25, -0.2) is 12.8 Å². The van der Waals surface area contributed by atoms with Gasteiger partial charge in [-0.05, 0) is 18.2 Å². The number of nitrogens with zero attached hydrogens (tertiary/aromatic N) is 3. The van der Waals surface area contributed by atoms with E-state index in [1.807, 2.05) is 0 Å². The molecule has 0 N–H and O–H groups in total. The number of hydrogen-bond acceptors (Lipinski definition) is 5. The molecule has 1 aromatic rings. The number of benzene rings is 1. The van der Waals surface area contributed by atoms with E-state index in [-0.39, 0.29) is 11.1 Å². The van der Waals surface area contributed by atoms with E-state index in [1.165, 1.54) is 18.2 Å². The van der Waals surface area contributed by atoms with Crippen molar-refractivity contribution in [3.63, 3.8) is 0 Å². The first-order valence-corrected chi connectivity index (χ1v) is 7.33. The zero-order chi connectivity index (χ0) is 15.5. The van der Waals surface area contributed by atoms with Crippen molar-refractivity contribution in [3.05, 3.63) is 34.0 Å². The molecule has 0 heterocycles. The quantitative estimate of drug-likeness (QED) is 0.791. The largest absolute Gasteiger partial charge is 0.377 e. The maximum Gasteiger partial charge on any atom is 0.185 e. The van der Waals surface area contributed by atoms with Crippen LogP contribution in [-0.2, 0) is 9.84 Å². The minimum absolute atomic E-state index is 0.117. The molecule has 0 aliphatic heterocycles. The number of allylic oxidation sites excluding steroid dienone is 1. The van der Waals surface area contributed by atoms with E-state index in [9.17, 15) is 12.8 Å². The highest BCUT2D eigenvalue weighted by molar-refractivity contribution is 7.95. The molecule has 0 saturated heterocycles. The van der Waals surface area contributed by atoms with E-state index in [2.05, 4.69) is 0 Å². The van der Waals surface area contributed by atoms with E-state index in [0.29, 0.717) is 5.69 Å². The van der Waals surface area contributed by atoms with Crippen molar-refractivity contribution in [2.45, 2.75) is 0 Å². The average Bonchev–Trinajstić information content (AvgIpc) is 2.35. The summed E-state index contributed by atoms with van der Waals surface area (Å²) in [5.74, 6) is -0.852. The van der Waals surface area contributed by atoms with Crippen LogP contribution in [0.25, 0.3) is 6.08 Å². The summed E-state index contributed by atoms with van der Waals surface area (Å²) in [4.78, 5) is 1.01. The lowest BCUT2D eigenvalue weighted by molar-refractivity contribution is 0.608. The second-order valence-corrected chi connectivity index (χ2v) is 6.25. The molecule has 1 rings (SSSR count). The molecular weight excluding hydrogens is 281 g/mol. The molecule has 0 amide bonds. The third-order valence-corrected chi connectivity index (χ3v) is 3.55. The predicted octanol–water partition coefficient (Wildman–Crippen LogP) is 1.67. The Morgan fingerprint density at radius 3 is 2.35 bits per heavy atom. The molecular formula is C13H12FN3O2S. The van der Waals surface area contributed by atoms with Gasteiger partial charge in [0, 0.05) is 25.9 Å². The Labute approximate surface area is 117 Å². The number of hydrogen-bond donors (Lipinski definition) is 0. The summed E-state index contributed by atoms with van der Waals surface area (Å²) in [6.07, 6.45) is 1.78. The van der Waals surface area contributed by atoms with Crippen molar-refractivity contribution >= 4 is 21.6 Å². The van der Waals surface area contributed by atoms with Gasteiger partial charge in [-0.2, -0.15) is 10.5 Å². The predicted molar refractivity (Wildman–Crippen MR) is 73.9 cm³/mol. The molecule has 104 valence electrons. The summed E-state index contributed by atoms with van der Waals surface area (Å²) in [5, 5.41) is 17.8. The Kier molecular flexibility index (Phi) is 4.49. The lowest BCUT2D eigenvalue weighted by Crippen LogP contribution is -2.11. The standard InChI is InChI=1S/C13H12FN3O2S/c1-17(2)12-5-4-9(13(14)11(12)8-16)6-10(7-15)20(3,18)19/h4-6H,1-3H3/b10-6-. The van der Waals surface area contributed by atoms with Gasteiger partial charge in [-0.1, -0.05) is 0 Å². The molecule has 20 heavy (non-hydrogen) atoms. The molecule has 0 saturated carbocycles. The summed E-state index contributed by atoms with van der Waals surface area (Å²) in [6.45, 7) is 0. The molecule has 0 aromatic heterocycles. The zero-order valence-electron chi connectivity index (χ0n) is 11.2. The lowest BCUT2D eigenvalue weighted by atomic mass is 10.1. The van der Waals surface area contributed by atoms with Gasteiger partial charge in [0.15, 0.2) is 9.84 Å².